The highest BCUT2D eigenvalue weighted by molar-refractivity contribution is 7.17. The van der Waals surface area contributed by atoms with Crippen LogP contribution in [0.15, 0.2) is 42.6 Å². The normalized spacial score (nSPS) is 12.8. The summed E-state index contributed by atoms with van der Waals surface area (Å²) in [7, 11) is 0. The van der Waals surface area contributed by atoms with Crippen molar-refractivity contribution in [1.82, 2.24) is 4.98 Å². The molecule has 2 aromatic heterocycles. The van der Waals surface area contributed by atoms with Crippen LogP contribution in [0.2, 0.25) is 0 Å². The fraction of sp³-hybridized carbons (Fsp3) is 0.190. The number of aryl methyl sites for hydroxylation is 1. The molecule has 26 heavy (non-hydrogen) atoms. The first-order valence-corrected chi connectivity index (χ1v) is 9.32. The predicted octanol–water partition coefficient (Wildman–Crippen LogP) is 5.33. The molecule has 0 aliphatic rings. The van der Waals surface area contributed by atoms with E-state index in [4.69, 9.17) is 5.73 Å². The fourth-order valence-electron chi connectivity index (χ4n) is 3.41. The van der Waals surface area contributed by atoms with E-state index >= 15 is 0 Å². The van der Waals surface area contributed by atoms with Crippen molar-refractivity contribution >= 4 is 32.3 Å². The van der Waals surface area contributed by atoms with Crippen LogP contribution in [0.4, 0.5) is 4.39 Å². The lowest BCUT2D eigenvalue weighted by atomic mass is 9.93. The molecule has 0 bridgehead atoms. The van der Waals surface area contributed by atoms with E-state index in [1.54, 1.807) is 12.3 Å². The number of hydrogen-bond donors (Lipinski definition) is 2. The zero-order chi connectivity index (χ0) is 18.4. The maximum Gasteiger partial charge on any atom is 0.177 e. The molecule has 0 radical (unpaired) electrons. The number of benzene rings is 2. The van der Waals surface area contributed by atoms with Gasteiger partial charge in [0.25, 0.3) is 0 Å². The Morgan fingerprint density at radius 3 is 2.65 bits per heavy atom. The minimum absolute atomic E-state index is 0.176. The van der Waals surface area contributed by atoms with Gasteiger partial charge in [0.2, 0.25) is 0 Å². The minimum Gasteiger partial charge on any atom is -0.507 e. The van der Waals surface area contributed by atoms with Crippen molar-refractivity contribution in [2.24, 2.45) is 5.73 Å². The largest absolute Gasteiger partial charge is 0.507 e. The number of nitrogens with two attached hydrogens (primary N) is 1. The first kappa shape index (κ1) is 16.9. The van der Waals surface area contributed by atoms with Crippen LogP contribution >= 0.6 is 11.3 Å². The summed E-state index contributed by atoms with van der Waals surface area (Å²) in [6.45, 7) is 4.56. The highest BCUT2D eigenvalue weighted by Crippen LogP contribution is 2.42. The van der Waals surface area contributed by atoms with Gasteiger partial charge in [-0.3, -0.25) is 4.98 Å². The van der Waals surface area contributed by atoms with Crippen LogP contribution in [0, 0.1) is 12.1 Å². The topological polar surface area (TPSA) is 59.1 Å². The van der Waals surface area contributed by atoms with Crippen molar-refractivity contribution in [2.75, 3.05) is 6.54 Å². The number of pyridine rings is 1. The monoisotopic (exact) mass is 366 g/mol. The molecular weight excluding hydrogens is 347 g/mol. The third kappa shape index (κ3) is 2.64. The maximum absolute atomic E-state index is 13.9. The minimum atomic E-state index is -0.256. The summed E-state index contributed by atoms with van der Waals surface area (Å²) in [5, 5.41) is 12.0. The average molecular weight is 366 g/mol. The summed E-state index contributed by atoms with van der Waals surface area (Å²) >= 11 is 1.07. The Morgan fingerprint density at radius 1 is 1.23 bits per heavy atom. The third-order valence-electron chi connectivity index (χ3n) is 4.90. The van der Waals surface area contributed by atoms with Crippen LogP contribution in [0.25, 0.3) is 32.1 Å². The molecule has 4 aromatic rings. The molecule has 0 aliphatic carbocycles. The molecule has 0 unspecified atom stereocenters. The van der Waals surface area contributed by atoms with E-state index in [1.807, 2.05) is 31.2 Å². The first-order chi connectivity index (χ1) is 12.5. The number of hydrogen-bond acceptors (Lipinski definition) is 4. The number of aromatic hydroxyl groups is 1. The van der Waals surface area contributed by atoms with Crippen LogP contribution in [-0.4, -0.2) is 16.6 Å². The Kier molecular flexibility index (Phi) is 4.13. The number of phenolic OH excluding ortho intramolecular Hbond substituents is 1. The van der Waals surface area contributed by atoms with Crippen LogP contribution < -0.4 is 5.73 Å². The van der Waals surface area contributed by atoms with E-state index in [2.05, 4.69) is 11.9 Å². The molecule has 0 amide bonds. The molecule has 0 fully saturated rings. The summed E-state index contributed by atoms with van der Waals surface area (Å²) in [5.74, 6) is 0.447. The van der Waals surface area contributed by atoms with Gasteiger partial charge in [-0.1, -0.05) is 31.2 Å². The predicted molar refractivity (Wildman–Crippen MR) is 106 cm³/mol. The molecule has 3 N–H and O–H groups in total. The number of halogens is 1. The van der Waals surface area contributed by atoms with Crippen molar-refractivity contribution in [3.63, 3.8) is 0 Å². The lowest BCUT2D eigenvalue weighted by Gasteiger charge is -2.14. The van der Waals surface area contributed by atoms with E-state index < -0.39 is 0 Å². The molecule has 1 atom stereocenters. The van der Waals surface area contributed by atoms with Gasteiger partial charge in [-0.25, -0.2) is 0 Å². The quantitative estimate of drug-likeness (QED) is 0.515. The van der Waals surface area contributed by atoms with Gasteiger partial charge >= 0.3 is 0 Å². The van der Waals surface area contributed by atoms with Crippen molar-refractivity contribution in [2.45, 2.75) is 19.8 Å². The number of thiophene rings is 1. The van der Waals surface area contributed by atoms with Crippen LogP contribution in [0.1, 0.15) is 24.0 Å². The molecule has 2 heterocycles. The Morgan fingerprint density at radius 2 is 1.96 bits per heavy atom. The van der Waals surface area contributed by atoms with Crippen LogP contribution in [-0.2, 0) is 0 Å². The Bertz CT molecular complexity index is 1120. The highest BCUT2D eigenvalue weighted by atomic mass is 32.1. The van der Waals surface area contributed by atoms with Gasteiger partial charge in [0, 0.05) is 22.5 Å². The van der Waals surface area contributed by atoms with Crippen molar-refractivity contribution in [1.29, 1.82) is 0 Å². The number of fused-ring (bicyclic) bond motifs is 3. The zero-order valence-corrected chi connectivity index (χ0v) is 15.4. The molecule has 4 rings (SSSR count). The number of rotatable bonds is 3. The molecule has 5 heteroatoms. The SMILES string of the molecule is Cc1cc(O)c(-c2ccc([C@@H](C)CN)cc2)c2c1ncc1sc(F)cc12. The number of nitrogens with zero attached hydrogens (tertiary/aromatic N) is 1. The van der Waals surface area contributed by atoms with Gasteiger partial charge < -0.3 is 10.8 Å². The van der Waals surface area contributed by atoms with Gasteiger partial charge in [-0.15, -0.1) is 11.3 Å². The molecule has 0 saturated heterocycles. The fourth-order valence-corrected chi connectivity index (χ4v) is 4.18. The Hall–Kier alpha value is -2.50. The van der Waals surface area contributed by atoms with E-state index in [-0.39, 0.29) is 16.8 Å². The van der Waals surface area contributed by atoms with E-state index in [0.717, 1.165) is 49.0 Å². The summed E-state index contributed by atoms with van der Waals surface area (Å²) in [6.07, 6.45) is 1.70. The summed E-state index contributed by atoms with van der Waals surface area (Å²) in [6, 6.07) is 11.3. The van der Waals surface area contributed by atoms with Gasteiger partial charge in [0.15, 0.2) is 5.13 Å². The van der Waals surface area contributed by atoms with Crippen LogP contribution in [0.5, 0.6) is 5.75 Å². The molecule has 0 aliphatic heterocycles. The molecule has 3 nitrogen and oxygen atoms in total. The second-order valence-corrected chi connectivity index (χ2v) is 7.69. The van der Waals surface area contributed by atoms with E-state index in [0.29, 0.717) is 12.1 Å². The Balaban J connectivity index is 2.04. The molecule has 0 spiro atoms. The molecule has 0 saturated carbocycles. The van der Waals surface area contributed by atoms with E-state index in [1.165, 1.54) is 6.07 Å². The number of aromatic nitrogens is 1. The van der Waals surface area contributed by atoms with Gasteiger partial charge in [-0.05, 0) is 48.2 Å². The summed E-state index contributed by atoms with van der Waals surface area (Å²) in [5.41, 5.74) is 10.1. The Labute approximate surface area is 154 Å². The van der Waals surface area contributed by atoms with Crippen molar-refractivity contribution in [3.05, 3.63) is 58.9 Å². The van der Waals surface area contributed by atoms with Gasteiger partial charge in [0.05, 0.1) is 10.2 Å². The lowest BCUT2D eigenvalue weighted by Crippen LogP contribution is -2.08. The van der Waals surface area contributed by atoms with Crippen LogP contribution in [0.3, 0.4) is 0 Å². The maximum atomic E-state index is 13.9. The molecule has 2 aromatic carbocycles. The average Bonchev–Trinajstić information content (AvgIpc) is 3.02. The van der Waals surface area contributed by atoms with Crippen molar-refractivity contribution < 1.29 is 9.50 Å². The molecule has 132 valence electrons. The first-order valence-electron chi connectivity index (χ1n) is 8.50. The highest BCUT2D eigenvalue weighted by Gasteiger charge is 2.17. The number of phenols is 1. The molecular formula is C21H19FN2OS. The second kappa shape index (κ2) is 6.34. The second-order valence-electron chi connectivity index (χ2n) is 6.66. The van der Waals surface area contributed by atoms with Gasteiger partial charge in [-0.2, -0.15) is 4.39 Å². The lowest BCUT2D eigenvalue weighted by molar-refractivity contribution is 0.477. The van der Waals surface area contributed by atoms with E-state index in [9.17, 15) is 9.50 Å². The summed E-state index contributed by atoms with van der Waals surface area (Å²) in [4.78, 5) is 4.52. The standard InChI is InChI=1S/C21H19FN2OS/c1-11-7-16(25)19(14-5-3-13(4-6-14)12(2)9-23)20-15-8-18(22)26-17(15)10-24-21(11)20/h3-8,10,12,25H,9,23H2,1-2H3/t12-/m0/s1. The van der Waals surface area contributed by atoms with Crippen molar-refractivity contribution in [3.8, 4) is 16.9 Å². The van der Waals surface area contributed by atoms with Gasteiger partial charge in [0.1, 0.15) is 5.75 Å². The smallest absolute Gasteiger partial charge is 0.177 e. The summed E-state index contributed by atoms with van der Waals surface area (Å²) < 4.78 is 14.7. The zero-order valence-electron chi connectivity index (χ0n) is 14.6. The third-order valence-corrected chi connectivity index (χ3v) is 5.76.